The molecular weight excluding hydrogens is 198 g/mol. The summed E-state index contributed by atoms with van der Waals surface area (Å²) < 4.78 is 0. The van der Waals surface area contributed by atoms with Gasteiger partial charge in [-0.1, -0.05) is 37.1 Å². The van der Waals surface area contributed by atoms with Gasteiger partial charge in [0.05, 0.1) is 11.5 Å². The van der Waals surface area contributed by atoms with E-state index in [1.54, 1.807) is 6.92 Å². The van der Waals surface area contributed by atoms with Crippen LogP contribution in [0.2, 0.25) is 0 Å². The molecule has 16 heavy (non-hydrogen) atoms. The quantitative estimate of drug-likeness (QED) is 0.708. The summed E-state index contributed by atoms with van der Waals surface area (Å²) in [5.41, 5.74) is 1.49. The molecule has 2 rings (SSSR count). The largest absolute Gasteiger partial charge is 0.295 e. The highest BCUT2D eigenvalue weighted by molar-refractivity contribution is 5.94. The molecule has 1 fully saturated rings. The van der Waals surface area contributed by atoms with E-state index < -0.39 is 0 Å². The molecule has 1 aromatic carbocycles. The van der Waals surface area contributed by atoms with Crippen molar-refractivity contribution in [2.75, 3.05) is 0 Å². The number of hydrogen-bond donors (Lipinski definition) is 0. The molecule has 1 aliphatic carbocycles. The zero-order valence-electron chi connectivity index (χ0n) is 9.49. The molecular formula is C14H15NO. The Labute approximate surface area is 95.9 Å². The molecule has 0 radical (unpaired) electrons. The predicted octanol–water partition coefficient (Wildman–Crippen LogP) is 3.22. The van der Waals surface area contributed by atoms with Gasteiger partial charge in [0.15, 0.2) is 5.78 Å². The highest BCUT2D eigenvalue weighted by Gasteiger charge is 2.35. The molecule has 1 saturated carbocycles. The Kier molecular flexibility index (Phi) is 2.78. The number of carbonyl (C=O) groups excluding carboxylic acids is 1. The first-order chi connectivity index (χ1) is 7.68. The molecule has 0 heterocycles. The van der Waals surface area contributed by atoms with Crippen molar-refractivity contribution in [2.45, 2.75) is 38.0 Å². The van der Waals surface area contributed by atoms with Gasteiger partial charge in [0, 0.05) is 5.56 Å². The molecule has 2 heteroatoms. The molecule has 0 unspecified atom stereocenters. The SMILES string of the molecule is CC(=O)c1ccc(C2(C#N)CCCC2)cc1. The van der Waals surface area contributed by atoms with E-state index >= 15 is 0 Å². The van der Waals surface area contributed by atoms with Gasteiger partial charge in [0.25, 0.3) is 0 Å². The normalized spacial score (nSPS) is 18.0. The number of benzene rings is 1. The molecule has 0 spiro atoms. The maximum absolute atomic E-state index is 11.2. The zero-order valence-corrected chi connectivity index (χ0v) is 9.49. The number of carbonyl (C=O) groups is 1. The Bertz CT molecular complexity index is 433. The summed E-state index contributed by atoms with van der Waals surface area (Å²) in [6.07, 6.45) is 4.15. The number of rotatable bonds is 2. The van der Waals surface area contributed by atoms with Gasteiger partial charge in [0.2, 0.25) is 0 Å². The van der Waals surface area contributed by atoms with Crippen LogP contribution < -0.4 is 0 Å². The number of ketones is 1. The summed E-state index contributed by atoms with van der Waals surface area (Å²) in [5, 5.41) is 9.33. The second-order valence-electron chi connectivity index (χ2n) is 4.53. The van der Waals surface area contributed by atoms with Crippen molar-refractivity contribution in [1.82, 2.24) is 0 Å². The fraction of sp³-hybridized carbons (Fsp3) is 0.429. The van der Waals surface area contributed by atoms with Crippen molar-refractivity contribution in [1.29, 1.82) is 5.26 Å². The summed E-state index contributed by atoms with van der Waals surface area (Å²) in [5.74, 6) is 0.0731. The van der Waals surface area contributed by atoms with Crippen LogP contribution >= 0.6 is 0 Å². The average molecular weight is 213 g/mol. The van der Waals surface area contributed by atoms with Crippen molar-refractivity contribution in [3.05, 3.63) is 35.4 Å². The Hall–Kier alpha value is -1.62. The number of nitrogens with zero attached hydrogens (tertiary/aromatic N) is 1. The van der Waals surface area contributed by atoms with Gasteiger partial charge in [0.1, 0.15) is 0 Å². The first-order valence-electron chi connectivity index (χ1n) is 5.71. The molecule has 2 nitrogen and oxygen atoms in total. The fourth-order valence-corrected chi connectivity index (χ4v) is 2.47. The highest BCUT2D eigenvalue weighted by atomic mass is 16.1. The van der Waals surface area contributed by atoms with Crippen molar-refractivity contribution in [2.24, 2.45) is 0 Å². The van der Waals surface area contributed by atoms with Crippen LogP contribution in [0.3, 0.4) is 0 Å². The van der Waals surface area contributed by atoms with Crippen LogP contribution in [0.5, 0.6) is 0 Å². The van der Waals surface area contributed by atoms with Gasteiger partial charge < -0.3 is 0 Å². The topological polar surface area (TPSA) is 40.9 Å². The maximum atomic E-state index is 11.2. The molecule has 0 aromatic heterocycles. The van der Waals surface area contributed by atoms with Crippen molar-refractivity contribution < 1.29 is 4.79 Å². The second-order valence-corrected chi connectivity index (χ2v) is 4.53. The molecule has 0 atom stereocenters. The first kappa shape index (κ1) is 10.9. The van der Waals surface area contributed by atoms with Crippen LogP contribution in [0, 0.1) is 11.3 Å². The van der Waals surface area contributed by atoms with Gasteiger partial charge in [-0.25, -0.2) is 0 Å². The Morgan fingerprint density at radius 1 is 1.25 bits per heavy atom. The summed E-state index contributed by atoms with van der Waals surface area (Å²) in [6.45, 7) is 1.56. The minimum atomic E-state index is -0.296. The Morgan fingerprint density at radius 2 is 1.81 bits per heavy atom. The van der Waals surface area contributed by atoms with E-state index in [9.17, 15) is 10.1 Å². The van der Waals surface area contributed by atoms with E-state index in [0.29, 0.717) is 0 Å². The third-order valence-corrected chi connectivity index (χ3v) is 3.52. The molecule has 0 aliphatic heterocycles. The van der Waals surface area contributed by atoms with Crippen molar-refractivity contribution in [3.63, 3.8) is 0 Å². The van der Waals surface area contributed by atoms with Crippen molar-refractivity contribution >= 4 is 5.78 Å². The van der Waals surface area contributed by atoms with Gasteiger partial charge in [-0.2, -0.15) is 5.26 Å². The van der Waals surface area contributed by atoms with Crippen LogP contribution in [-0.4, -0.2) is 5.78 Å². The van der Waals surface area contributed by atoms with Crippen LogP contribution in [0.1, 0.15) is 48.5 Å². The molecule has 1 aliphatic rings. The fourth-order valence-electron chi connectivity index (χ4n) is 2.47. The summed E-state index contributed by atoms with van der Waals surface area (Å²) >= 11 is 0. The van der Waals surface area contributed by atoms with E-state index in [4.69, 9.17) is 0 Å². The average Bonchev–Trinajstić information content (AvgIpc) is 2.79. The summed E-state index contributed by atoms with van der Waals surface area (Å²) in [7, 11) is 0. The minimum Gasteiger partial charge on any atom is -0.295 e. The smallest absolute Gasteiger partial charge is 0.159 e. The van der Waals surface area contributed by atoms with E-state index in [1.807, 2.05) is 24.3 Å². The molecule has 0 saturated heterocycles. The molecule has 0 amide bonds. The highest BCUT2D eigenvalue weighted by Crippen LogP contribution is 2.40. The lowest BCUT2D eigenvalue weighted by atomic mass is 9.80. The van der Waals surface area contributed by atoms with E-state index in [-0.39, 0.29) is 11.2 Å². The standard InChI is InChI=1S/C14H15NO/c1-11(16)12-4-6-13(7-5-12)14(10-15)8-2-3-9-14/h4-7H,2-3,8-9H2,1H3. The van der Waals surface area contributed by atoms with Crippen LogP contribution in [0.25, 0.3) is 0 Å². The van der Waals surface area contributed by atoms with Gasteiger partial charge in [-0.05, 0) is 25.3 Å². The van der Waals surface area contributed by atoms with Gasteiger partial charge >= 0.3 is 0 Å². The van der Waals surface area contributed by atoms with Gasteiger partial charge in [-0.3, -0.25) is 4.79 Å². The van der Waals surface area contributed by atoms with E-state index in [2.05, 4.69) is 6.07 Å². The second kappa shape index (κ2) is 4.09. The Morgan fingerprint density at radius 3 is 2.25 bits per heavy atom. The lowest BCUT2D eigenvalue weighted by Gasteiger charge is -2.20. The maximum Gasteiger partial charge on any atom is 0.159 e. The molecule has 0 bridgehead atoms. The number of Topliss-reactive ketones (excluding diaryl/α,β-unsaturated/α-hetero) is 1. The van der Waals surface area contributed by atoms with E-state index in [0.717, 1.165) is 36.8 Å². The van der Waals surface area contributed by atoms with Crippen LogP contribution in [-0.2, 0) is 5.41 Å². The summed E-state index contributed by atoms with van der Waals surface area (Å²) in [4.78, 5) is 11.2. The van der Waals surface area contributed by atoms with Crippen molar-refractivity contribution in [3.8, 4) is 6.07 Å². The number of nitriles is 1. The number of hydrogen-bond acceptors (Lipinski definition) is 2. The molecule has 82 valence electrons. The van der Waals surface area contributed by atoms with Crippen LogP contribution in [0.4, 0.5) is 0 Å². The predicted molar refractivity (Wildman–Crippen MR) is 62.2 cm³/mol. The van der Waals surface area contributed by atoms with E-state index in [1.165, 1.54) is 0 Å². The third-order valence-electron chi connectivity index (χ3n) is 3.52. The lowest BCUT2D eigenvalue weighted by molar-refractivity contribution is 0.101. The zero-order chi connectivity index (χ0) is 11.6. The Balaban J connectivity index is 2.34. The van der Waals surface area contributed by atoms with Crippen LogP contribution in [0.15, 0.2) is 24.3 Å². The minimum absolute atomic E-state index is 0.0731. The molecule has 1 aromatic rings. The first-order valence-corrected chi connectivity index (χ1v) is 5.71. The monoisotopic (exact) mass is 213 g/mol. The lowest BCUT2D eigenvalue weighted by Crippen LogP contribution is -2.19. The third kappa shape index (κ3) is 1.74. The van der Waals surface area contributed by atoms with Gasteiger partial charge in [-0.15, -0.1) is 0 Å². The molecule has 0 N–H and O–H groups in total. The summed E-state index contributed by atoms with van der Waals surface area (Å²) in [6, 6.07) is 9.99.